The second-order valence-electron chi connectivity index (χ2n) is 7.65. The maximum Gasteiger partial charge on any atom is 0.311 e. The Balaban J connectivity index is 1.62. The number of nitrogens with one attached hydrogen (secondary N) is 1. The van der Waals surface area contributed by atoms with Crippen LogP contribution >= 0.6 is 11.5 Å². The summed E-state index contributed by atoms with van der Waals surface area (Å²) in [6.45, 7) is 1.80. The summed E-state index contributed by atoms with van der Waals surface area (Å²) in [5.41, 5.74) is -0.00118. The molecular weight excluding hydrogens is 314 g/mol. The highest BCUT2D eigenvalue weighted by Gasteiger charge is 2.61. The Kier molecular flexibility index (Phi) is 3.27. The van der Waals surface area contributed by atoms with Crippen LogP contribution in [0.4, 0.5) is 0 Å². The van der Waals surface area contributed by atoms with Gasteiger partial charge < -0.3 is 10.1 Å². The van der Waals surface area contributed by atoms with Gasteiger partial charge in [0.2, 0.25) is 0 Å². The minimum absolute atomic E-state index is 0.0964. The second kappa shape index (κ2) is 5.00. The molecule has 4 saturated carbocycles. The van der Waals surface area contributed by atoms with Crippen LogP contribution in [0.3, 0.4) is 0 Å². The minimum atomic E-state index is -0.396. The SMILES string of the molecule is COC(=O)C12C[C@@H]3C[C@H](CC(NC(=O)c4snnc4C)(C3)C1)C2. The first-order valence-corrected chi connectivity index (χ1v) is 8.93. The van der Waals surface area contributed by atoms with Gasteiger partial charge in [0.1, 0.15) is 4.88 Å². The summed E-state index contributed by atoms with van der Waals surface area (Å²) < 4.78 is 8.96. The molecule has 4 aliphatic carbocycles. The molecule has 1 amide bonds. The van der Waals surface area contributed by atoms with E-state index >= 15 is 0 Å². The zero-order valence-corrected chi connectivity index (χ0v) is 14.2. The summed E-state index contributed by atoms with van der Waals surface area (Å²) >= 11 is 1.13. The quantitative estimate of drug-likeness (QED) is 0.856. The monoisotopic (exact) mass is 335 g/mol. The van der Waals surface area contributed by atoms with E-state index < -0.39 is 5.41 Å². The van der Waals surface area contributed by atoms with E-state index in [-0.39, 0.29) is 17.4 Å². The summed E-state index contributed by atoms with van der Waals surface area (Å²) in [6.07, 6.45) is 5.65. The fraction of sp³-hybridized carbons (Fsp3) is 0.750. The molecule has 124 valence electrons. The van der Waals surface area contributed by atoms with Crippen LogP contribution in [0.5, 0.6) is 0 Å². The number of nitrogens with zero attached hydrogens (tertiary/aromatic N) is 2. The van der Waals surface area contributed by atoms with Gasteiger partial charge in [0.15, 0.2) is 0 Å². The lowest BCUT2D eigenvalue weighted by atomic mass is 9.47. The maximum atomic E-state index is 12.7. The van der Waals surface area contributed by atoms with E-state index in [0.717, 1.165) is 37.2 Å². The molecule has 1 aromatic rings. The van der Waals surface area contributed by atoms with Crippen molar-refractivity contribution in [3.05, 3.63) is 10.6 Å². The Morgan fingerprint density at radius 1 is 1.26 bits per heavy atom. The highest BCUT2D eigenvalue weighted by atomic mass is 32.1. The van der Waals surface area contributed by atoms with Crippen molar-refractivity contribution in [2.24, 2.45) is 17.3 Å². The first-order valence-electron chi connectivity index (χ1n) is 8.15. The third kappa shape index (κ3) is 2.28. The van der Waals surface area contributed by atoms with Crippen LogP contribution in [0.15, 0.2) is 0 Å². The van der Waals surface area contributed by atoms with Gasteiger partial charge >= 0.3 is 5.97 Å². The molecule has 6 nitrogen and oxygen atoms in total. The van der Waals surface area contributed by atoms with Crippen molar-refractivity contribution in [1.82, 2.24) is 14.9 Å². The van der Waals surface area contributed by atoms with Crippen LogP contribution < -0.4 is 5.32 Å². The number of esters is 1. The molecule has 4 bridgehead atoms. The van der Waals surface area contributed by atoms with Crippen molar-refractivity contribution < 1.29 is 14.3 Å². The van der Waals surface area contributed by atoms with Crippen molar-refractivity contribution in [3.63, 3.8) is 0 Å². The van der Waals surface area contributed by atoms with E-state index in [1.807, 2.05) is 0 Å². The number of aromatic nitrogens is 2. The molecule has 0 unspecified atom stereocenters. The van der Waals surface area contributed by atoms with E-state index in [0.29, 0.717) is 28.8 Å². The number of methoxy groups -OCH3 is 1. The van der Waals surface area contributed by atoms with Crippen LogP contribution in [0.1, 0.15) is 53.9 Å². The van der Waals surface area contributed by atoms with Gasteiger partial charge in [-0.05, 0) is 68.8 Å². The zero-order chi connectivity index (χ0) is 16.2. The molecule has 5 rings (SSSR count). The van der Waals surface area contributed by atoms with E-state index in [9.17, 15) is 9.59 Å². The first kappa shape index (κ1) is 15.1. The number of hydrogen-bond donors (Lipinski definition) is 1. The lowest BCUT2D eigenvalue weighted by Gasteiger charge is -2.60. The molecule has 1 aromatic heterocycles. The third-order valence-electron chi connectivity index (χ3n) is 5.92. The summed E-state index contributed by atoms with van der Waals surface area (Å²) in [7, 11) is 1.47. The Hall–Kier alpha value is -1.50. The van der Waals surface area contributed by atoms with Gasteiger partial charge in [-0.1, -0.05) is 4.49 Å². The summed E-state index contributed by atoms with van der Waals surface area (Å²) in [6, 6.07) is 0. The average molecular weight is 335 g/mol. The predicted molar refractivity (Wildman–Crippen MR) is 84.0 cm³/mol. The van der Waals surface area contributed by atoms with Crippen LogP contribution in [0.2, 0.25) is 0 Å². The smallest absolute Gasteiger partial charge is 0.311 e. The number of hydrogen-bond acceptors (Lipinski definition) is 6. The molecule has 0 radical (unpaired) electrons. The van der Waals surface area contributed by atoms with Gasteiger partial charge in [-0.25, -0.2) is 0 Å². The second-order valence-corrected chi connectivity index (χ2v) is 8.41. The maximum absolute atomic E-state index is 12.7. The van der Waals surface area contributed by atoms with Crippen molar-refractivity contribution in [3.8, 4) is 0 Å². The topological polar surface area (TPSA) is 81.2 Å². The Morgan fingerprint density at radius 3 is 2.52 bits per heavy atom. The number of carbonyl (C=O) groups is 2. The lowest BCUT2D eigenvalue weighted by molar-refractivity contribution is -0.171. The van der Waals surface area contributed by atoms with Crippen molar-refractivity contribution >= 4 is 23.4 Å². The van der Waals surface area contributed by atoms with Gasteiger partial charge in [-0.2, -0.15) is 0 Å². The molecule has 0 aliphatic heterocycles. The zero-order valence-electron chi connectivity index (χ0n) is 13.4. The summed E-state index contributed by atoms with van der Waals surface area (Å²) in [5, 5.41) is 7.18. The van der Waals surface area contributed by atoms with Crippen LogP contribution in [-0.4, -0.2) is 34.1 Å². The van der Waals surface area contributed by atoms with E-state index in [1.54, 1.807) is 6.92 Å². The highest BCUT2D eigenvalue weighted by Crippen LogP contribution is 2.62. The fourth-order valence-corrected chi connectivity index (χ4v) is 6.15. The number of ether oxygens (including phenoxy) is 1. The molecule has 4 aliphatic rings. The van der Waals surface area contributed by atoms with Crippen LogP contribution in [0, 0.1) is 24.2 Å². The minimum Gasteiger partial charge on any atom is -0.469 e. The number of carbonyl (C=O) groups excluding carboxylic acids is 2. The predicted octanol–water partition coefficient (Wildman–Crippen LogP) is 2.09. The molecule has 1 N–H and O–H groups in total. The van der Waals surface area contributed by atoms with Crippen molar-refractivity contribution in [2.45, 2.75) is 51.0 Å². The molecule has 2 atom stereocenters. The largest absolute Gasteiger partial charge is 0.469 e. The fourth-order valence-electron chi connectivity index (χ4n) is 5.60. The van der Waals surface area contributed by atoms with E-state index in [1.165, 1.54) is 13.5 Å². The van der Waals surface area contributed by atoms with Gasteiger partial charge in [0, 0.05) is 5.54 Å². The Morgan fingerprint density at radius 2 is 1.96 bits per heavy atom. The Bertz CT molecular complexity index is 657. The molecule has 4 fully saturated rings. The van der Waals surface area contributed by atoms with E-state index in [4.69, 9.17) is 4.74 Å². The first-order chi connectivity index (χ1) is 11.0. The molecular formula is C16H21N3O3S. The van der Waals surface area contributed by atoms with Gasteiger partial charge in [0.25, 0.3) is 5.91 Å². The van der Waals surface area contributed by atoms with Crippen LogP contribution in [-0.2, 0) is 9.53 Å². The van der Waals surface area contributed by atoms with E-state index in [2.05, 4.69) is 14.9 Å². The molecule has 1 heterocycles. The van der Waals surface area contributed by atoms with Gasteiger partial charge in [0.05, 0.1) is 18.2 Å². The number of amides is 1. The highest BCUT2D eigenvalue weighted by molar-refractivity contribution is 7.08. The van der Waals surface area contributed by atoms with Gasteiger partial charge in [-0.3, -0.25) is 9.59 Å². The standard InChI is InChI=1S/C16H21N3O3S/c1-9-12(23-19-18-9)13(20)17-16-6-10-3-11(7-16)5-15(4-10,8-16)14(21)22-2/h10-11H,3-8H2,1-2H3,(H,17,20)/t10-,11-,15?,16?/m0/s1. The normalized spacial score (nSPS) is 37.7. The molecule has 23 heavy (non-hydrogen) atoms. The Labute approximate surface area is 139 Å². The average Bonchev–Trinajstić information content (AvgIpc) is 2.90. The molecule has 7 heteroatoms. The van der Waals surface area contributed by atoms with Crippen molar-refractivity contribution in [2.75, 3.05) is 7.11 Å². The summed E-state index contributed by atoms with van der Waals surface area (Å²) in [5.74, 6) is 0.827. The third-order valence-corrected chi connectivity index (χ3v) is 6.74. The van der Waals surface area contributed by atoms with Crippen LogP contribution in [0.25, 0.3) is 0 Å². The molecule has 0 saturated heterocycles. The summed E-state index contributed by atoms with van der Waals surface area (Å²) in [4.78, 5) is 25.7. The lowest BCUT2D eigenvalue weighted by Crippen LogP contribution is -2.64. The molecule has 0 aromatic carbocycles. The number of aryl methyl sites for hydroxylation is 1. The van der Waals surface area contributed by atoms with Gasteiger partial charge in [-0.15, -0.1) is 5.10 Å². The van der Waals surface area contributed by atoms with Crippen molar-refractivity contribution in [1.29, 1.82) is 0 Å². The number of rotatable bonds is 3. The molecule has 0 spiro atoms.